The molecule has 234 valence electrons. The Morgan fingerprint density at radius 3 is 2.48 bits per heavy atom. The lowest BCUT2D eigenvalue weighted by Gasteiger charge is -2.35. The maximum atomic E-state index is 12.9. The zero-order chi connectivity index (χ0) is 31.1. The third-order valence-electron chi connectivity index (χ3n) is 8.97. The van der Waals surface area contributed by atoms with Gasteiger partial charge in [-0.1, -0.05) is 104 Å². The second kappa shape index (κ2) is 14.6. The van der Waals surface area contributed by atoms with Crippen molar-refractivity contribution in [1.29, 1.82) is 0 Å². The number of halogens is 1. The first-order chi connectivity index (χ1) is 19.7. The summed E-state index contributed by atoms with van der Waals surface area (Å²) >= 11 is 6.52. The van der Waals surface area contributed by atoms with E-state index < -0.39 is 6.10 Å². The number of para-hydroxylation sites is 1. The highest BCUT2D eigenvalue weighted by Crippen LogP contribution is 2.48. The van der Waals surface area contributed by atoms with Gasteiger partial charge in [-0.3, -0.25) is 4.79 Å². The van der Waals surface area contributed by atoms with Crippen molar-refractivity contribution in [1.82, 2.24) is 0 Å². The Kier molecular flexibility index (Phi) is 12.0. The van der Waals surface area contributed by atoms with Gasteiger partial charge in [0.25, 0.3) is 0 Å². The number of aliphatic hydroxyl groups excluding tert-OH is 1. The molecule has 0 amide bonds. The molecule has 2 unspecified atom stereocenters. The number of fused-ring (bicyclic) bond motifs is 1. The van der Waals surface area contributed by atoms with Crippen molar-refractivity contribution in [2.75, 3.05) is 11.4 Å². The zero-order valence-electron chi connectivity index (χ0n) is 27.6. The van der Waals surface area contributed by atoms with Crippen molar-refractivity contribution in [3.05, 3.63) is 64.4 Å². The van der Waals surface area contributed by atoms with Gasteiger partial charge in [-0.25, -0.2) is 0 Å². The molecule has 0 radical (unpaired) electrons. The molecular weight excluding hydrogens is 542 g/mol. The summed E-state index contributed by atoms with van der Waals surface area (Å²) in [5.74, 6) is -0.122. The van der Waals surface area contributed by atoms with E-state index in [1.165, 1.54) is 22.5 Å². The molecule has 3 rings (SSSR count). The molecule has 1 aliphatic heterocycles. The van der Waals surface area contributed by atoms with E-state index in [1.807, 2.05) is 6.92 Å². The van der Waals surface area contributed by atoms with E-state index in [4.69, 9.17) is 16.3 Å². The van der Waals surface area contributed by atoms with E-state index in [2.05, 4.69) is 95.9 Å². The van der Waals surface area contributed by atoms with Crippen LogP contribution in [0.15, 0.2) is 58.8 Å². The monoisotopic (exact) mass is 597 g/mol. The van der Waals surface area contributed by atoms with Crippen molar-refractivity contribution in [2.24, 2.45) is 10.8 Å². The highest BCUT2D eigenvalue weighted by Gasteiger charge is 2.39. The topological polar surface area (TPSA) is 49.8 Å². The summed E-state index contributed by atoms with van der Waals surface area (Å²) in [6, 6.07) is 8.72. The van der Waals surface area contributed by atoms with E-state index in [-0.39, 0.29) is 28.3 Å². The molecule has 0 saturated heterocycles. The van der Waals surface area contributed by atoms with E-state index in [0.29, 0.717) is 19.3 Å². The maximum absolute atomic E-state index is 12.9. The van der Waals surface area contributed by atoms with Crippen molar-refractivity contribution < 1.29 is 14.6 Å². The van der Waals surface area contributed by atoms with Gasteiger partial charge in [0.05, 0.1) is 6.10 Å². The highest BCUT2D eigenvalue weighted by atomic mass is 35.5. The minimum absolute atomic E-state index is 0.0394. The molecule has 0 aromatic heterocycles. The lowest BCUT2D eigenvalue weighted by atomic mass is 9.76. The number of esters is 1. The molecule has 1 aromatic carbocycles. The largest absolute Gasteiger partial charge is 0.462 e. The second-order valence-corrected chi connectivity index (χ2v) is 15.2. The molecular formula is C37H56ClNO3. The van der Waals surface area contributed by atoms with Gasteiger partial charge in [-0.15, -0.1) is 0 Å². The van der Waals surface area contributed by atoms with Gasteiger partial charge < -0.3 is 14.7 Å². The number of anilines is 1. The quantitative estimate of drug-likeness (QED) is 0.181. The van der Waals surface area contributed by atoms with Crippen LogP contribution in [0.1, 0.15) is 125 Å². The SMILES string of the molecule is CCC(O)C(C)(C)CC(CC(C)(C)C)OC(=O)CCCCCN1/C(=C/C=C2\CCCC=C2Cl)C(C)(C)c2ccccc21. The first-order valence-corrected chi connectivity index (χ1v) is 16.6. The molecule has 4 nitrogen and oxygen atoms in total. The van der Waals surface area contributed by atoms with Gasteiger partial charge in [0, 0.05) is 34.8 Å². The standard InChI is InChI=1S/C37H56ClNO3/c1-9-33(40)36(5,6)26-28(25-35(2,3)4)42-34(41)21-11-10-16-24-39-31-20-15-13-18-29(31)37(7,8)32(39)23-22-27-17-12-14-19-30(27)38/h13,15,18-20,22-23,28,33,40H,9-12,14,16-17,21,24-26H2,1-8H3/b27-22+,32-23+. The highest BCUT2D eigenvalue weighted by molar-refractivity contribution is 6.32. The number of hydrogen-bond acceptors (Lipinski definition) is 4. The Labute approximate surface area is 261 Å². The molecule has 1 aliphatic carbocycles. The average molecular weight is 598 g/mol. The average Bonchev–Trinajstić information content (AvgIpc) is 3.12. The summed E-state index contributed by atoms with van der Waals surface area (Å²) < 4.78 is 6.03. The first-order valence-electron chi connectivity index (χ1n) is 16.2. The van der Waals surface area contributed by atoms with Gasteiger partial charge in [-0.05, 0) is 85.5 Å². The summed E-state index contributed by atoms with van der Waals surface area (Å²) in [6.07, 6.45) is 14.6. The van der Waals surface area contributed by atoms with E-state index in [9.17, 15) is 9.90 Å². The Bertz CT molecular complexity index is 1150. The number of hydrogen-bond donors (Lipinski definition) is 1. The summed E-state index contributed by atoms with van der Waals surface area (Å²) in [4.78, 5) is 15.4. The number of rotatable bonds is 13. The molecule has 2 atom stereocenters. The molecule has 0 fully saturated rings. The molecule has 0 bridgehead atoms. The van der Waals surface area contributed by atoms with Crippen molar-refractivity contribution in [2.45, 2.75) is 137 Å². The third-order valence-corrected chi connectivity index (χ3v) is 9.36. The number of carbonyl (C=O) groups is 1. The number of nitrogens with zero attached hydrogens (tertiary/aromatic N) is 1. The number of carbonyl (C=O) groups excluding carboxylic acids is 1. The third kappa shape index (κ3) is 9.23. The van der Waals surface area contributed by atoms with Crippen LogP contribution in [0.4, 0.5) is 5.69 Å². The summed E-state index contributed by atoms with van der Waals surface area (Å²) in [6.45, 7) is 18.2. The fourth-order valence-corrected chi connectivity index (χ4v) is 6.84. The minimum atomic E-state index is -0.411. The molecule has 2 aliphatic rings. The second-order valence-electron chi connectivity index (χ2n) is 14.8. The lowest BCUT2D eigenvalue weighted by molar-refractivity contribution is -0.153. The van der Waals surface area contributed by atoms with Crippen LogP contribution in [0.2, 0.25) is 0 Å². The molecule has 1 aromatic rings. The van der Waals surface area contributed by atoms with E-state index in [0.717, 1.165) is 56.5 Å². The predicted octanol–water partition coefficient (Wildman–Crippen LogP) is 10.00. The molecule has 5 heteroatoms. The van der Waals surface area contributed by atoms with Gasteiger partial charge in [0.1, 0.15) is 6.10 Å². The van der Waals surface area contributed by atoms with Crippen molar-refractivity contribution in [3.8, 4) is 0 Å². The molecule has 1 heterocycles. The fraction of sp³-hybridized carbons (Fsp3) is 0.649. The number of ether oxygens (including phenoxy) is 1. The molecule has 1 N–H and O–H groups in total. The predicted molar refractivity (Wildman–Crippen MR) is 178 cm³/mol. The number of benzene rings is 1. The van der Waals surface area contributed by atoms with Crippen molar-refractivity contribution in [3.63, 3.8) is 0 Å². The van der Waals surface area contributed by atoms with Gasteiger partial charge in [0.2, 0.25) is 0 Å². The summed E-state index contributed by atoms with van der Waals surface area (Å²) in [7, 11) is 0. The smallest absolute Gasteiger partial charge is 0.306 e. The maximum Gasteiger partial charge on any atom is 0.306 e. The van der Waals surface area contributed by atoms with Crippen LogP contribution in [-0.2, 0) is 14.9 Å². The zero-order valence-corrected chi connectivity index (χ0v) is 28.3. The van der Waals surface area contributed by atoms with Crippen LogP contribution in [0.5, 0.6) is 0 Å². The van der Waals surface area contributed by atoms with E-state index in [1.54, 1.807) is 0 Å². The Morgan fingerprint density at radius 1 is 1.10 bits per heavy atom. The van der Waals surface area contributed by atoms with Crippen LogP contribution in [0.3, 0.4) is 0 Å². The summed E-state index contributed by atoms with van der Waals surface area (Å²) in [5, 5.41) is 11.4. The molecule has 42 heavy (non-hydrogen) atoms. The minimum Gasteiger partial charge on any atom is -0.462 e. The lowest BCUT2D eigenvalue weighted by Crippen LogP contribution is -2.36. The molecule has 0 saturated carbocycles. The number of allylic oxidation sites excluding steroid dienone is 6. The van der Waals surface area contributed by atoms with Crippen molar-refractivity contribution >= 4 is 23.3 Å². The van der Waals surface area contributed by atoms with Gasteiger partial charge in [-0.2, -0.15) is 0 Å². The number of aliphatic hydroxyl groups is 1. The van der Waals surface area contributed by atoms with E-state index >= 15 is 0 Å². The van der Waals surface area contributed by atoms with Crippen LogP contribution < -0.4 is 4.90 Å². The van der Waals surface area contributed by atoms with Crippen LogP contribution in [-0.4, -0.2) is 29.8 Å². The normalized spacial score (nSPS) is 20.4. The summed E-state index contributed by atoms with van der Waals surface area (Å²) in [5.41, 5.74) is 4.79. The molecule has 0 spiro atoms. The Morgan fingerprint density at radius 2 is 1.81 bits per heavy atom. The number of unbranched alkanes of at least 4 members (excludes halogenated alkanes) is 2. The van der Waals surface area contributed by atoms with Gasteiger partial charge >= 0.3 is 5.97 Å². The van der Waals surface area contributed by atoms with Crippen LogP contribution in [0, 0.1) is 10.8 Å². The van der Waals surface area contributed by atoms with Crippen LogP contribution in [0.25, 0.3) is 0 Å². The first kappa shape index (κ1) is 34.5. The fourth-order valence-electron chi connectivity index (χ4n) is 6.57. The van der Waals surface area contributed by atoms with Crippen LogP contribution >= 0.6 is 11.6 Å². The Hall–Kier alpha value is -2.04. The van der Waals surface area contributed by atoms with Gasteiger partial charge in [0.15, 0.2) is 0 Å². The Balaban J connectivity index is 1.60.